The third-order valence-corrected chi connectivity index (χ3v) is 28.2. The molecule has 12 rings (SSSR count). The van der Waals surface area contributed by atoms with Crippen LogP contribution in [-0.2, 0) is 90.8 Å². The standard InChI is InChI=1S/C86H109N21O26S2/c1-6-82(129)35-42-36-85(78(127)132-5,64-47(21-26-106(39-42)41-82)46-12-8-9-13-50(46)95-64)49-30-48-57(34-58(49)131-4)105(3)75-84(48)23-27-107-25-11-22-83(7-2,74(84)107)76(125)86(75,130)77(126)103-104-81(128)133-28-29-134-135-40-56(73(123)124)100-70(119)55(33-62(113)114)99-69(118)54(32-61(111)112)98-67(116)51(14-10-24-90-79(87)88)96-68(117)53(31-60(109)110)94-59(108)20-19-52(72(121)122)97-66(115)43-15-17-44(18-16-43)91-37-45-38-92-65-63(93-45)71(120)102-80(89)101-65/h8-9,11-13,15-18,22,30,34,38,42,51-56,74-76,91,95,125,129-130H,6-7,10,14,19-21,23-29,31-33,35-37,39-41H2,1-5H3,(H,94,108)(H,96,117)(H,97,115)(H,98,116)(H,99,118)(H,100,119)(H,103,126)(H,104,128)(H,109,110)(H,111,112)(H,113,114)(H,121,122)(H,123,124)(H4,87,88,90)(H3,89,92,101,102,120)/t42?,51-,52-,53-,54-,55-,56?,74-,75+,76+,82-,83+,84+,85+,86-/m0/s1. The van der Waals surface area contributed by atoms with E-state index in [1.54, 1.807) is 18.0 Å². The molecule has 1 spiro atoms. The zero-order valence-electron chi connectivity index (χ0n) is 74.1. The number of nitrogen functional groups attached to an aromatic ring is 1. The van der Waals surface area contributed by atoms with Crippen molar-refractivity contribution >= 4 is 150 Å². The predicted octanol–water partition coefficient (Wildman–Crippen LogP) is -1.53. The number of H-pyrrole nitrogens is 2. The number of benzene rings is 3. The average molecular weight is 1920 g/mol. The van der Waals surface area contributed by atoms with Gasteiger partial charge in [-0.05, 0) is 118 Å². The number of aromatic amines is 2. The van der Waals surface area contributed by atoms with Gasteiger partial charge in [0.1, 0.15) is 60.1 Å². The summed E-state index contributed by atoms with van der Waals surface area (Å²) in [6, 6.07) is 3.36. The Morgan fingerprint density at radius 3 is 2.02 bits per heavy atom. The van der Waals surface area contributed by atoms with Crippen molar-refractivity contribution in [2.45, 2.75) is 180 Å². The number of nitrogens with two attached hydrogens (primary N) is 2. The van der Waals surface area contributed by atoms with E-state index in [2.05, 4.69) is 82.8 Å². The number of hydrazine groups is 1. The van der Waals surface area contributed by atoms with Gasteiger partial charge in [0.25, 0.3) is 17.4 Å². The number of rotatable bonds is 41. The van der Waals surface area contributed by atoms with E-state index < -0.39 is 228 Å². The molecule has 3 aromatic carbocycles. The number of esters is 1. The normalized spacial score (nSPS) is 23.7. The van der Waals surface area contributed by atoms with Crippen molar-refractivity contribution in [1.29, 1.82) is 5.41 Å². The number of anilines is 3. The second kappa shape index (κ2) is 42.4. The number of nitrogens with one attached hydrogen (secondary N) is 13. The fourth-order valence-corrected chi connectivity index (χ4v) is 21.8. The number of hydrogen-bond donors (Lipinski definition) is 23. The summed E-state index contributed by atoms with van der Waals surface area (Å²) < 4.78 is 17.8. The largest absolute Gasteiger partial charge is 0.496 e. The molecule has 16 atom stereocenters. The number of para-hydroxylation sites is 1. The molecular formula is C86H109N21O26S2. The van der Waals surface area contributed by atoms with Crippen LogP contribution in [0.4, 0.5) is 22.1 Å². The Hall–Kier alpha value is -13.5. The topological polar surface area (TPSA) is 722 Å². The molecule has 2 bridgehead atoms. The van der Waals surface area contributed by atoms with E-state index in [9.17, 15) is 103 Å². The van der Waals surface area contributed by atoms with E-state index in [-0.39, 0.29) is 72.4 Å². The number of fused-ring (bicyclic) bond motifs is 7. The highest BCUT2D eigenvalue weighted by Gasteiger charge is 2.79. The van der Waals surface area contributed by atoms with Gasteiger partial charge < -0.3 is 119 Å². The second-order valence-corrected chi connectivity index (χ2v) is 36.9. The molecule has 726 valence electrons. The van der Waals surface area contributed by atoms with Gasteiger partial charge in [0, 0.05) is 120 Å². The number of hydrogen-bond acceptors (Lipinski definition) is 32. The van der Waals surface area contributed by atoms with Crippen molar-refractivity contribution in [1.82, 2.24) is 82.8 Å². The summed E-state index contributed by atoms with van der Waals surface area (Å²) in [6.45, 7) is 5.78. The van der Waals surface area contributed by atoms with Gasteiger partial charge in [0.05, 0.1) is 63.6 Å². The number of amides is 8. The number of aliphatic hydroxyl groups excluding tert-OH is 1. The van der Waals surface area contributed by atoms with Crippen LogP contribution < -0.4 is 80.0 Å². The van der Waals surface area contributed by atoms with E-state index in [0.29, 0.717) is 92.3 Å². The van der Waals surface area contributed by atoms with Gasteiger partial charge in [0.15, 0.2) is 22.7 Å². The number of carboxylic acid groups (broad SMARTS) is 5. The Balaban J connectivity index is 0.657. The summed E-state index contributed by atoms with van der Waals surface area (Å²) in [7, 11) is 6.24. The smallest absolute Gasteiger partial charge is 0.426 e. The number of guanidine groups is 1. The number of carbonyl (C=O) groups is 14. The number of ether oxygens (including phenoxy) is 3. The van der Waals surface area contributed by atoms with Crippen LogP contribution >= 0.6 is 21.6 Å². The van der Waals surface area contributed by atoms with Crippen LogP contribution in [0.3, 0.4) is 0 Å². The van der Waals surface area contributed by atoms with Gasteiger partial charge in [-0.15, -0.1) is 0 Å². The first kappa shape index (κ1) is 100. The first-order valence-corrected chi connectivity index (χ1v) is 45.9. The second-order valence-electron chi connectivity index (χ2n) is 34.2. The molecule has 3 fully saturated rings. The monoisotopic (exact) mass is 1920 g/mol. The van der Waals surface area contributed by atoms with Crippen molar-refractivity contribution in [3.63, 3.8) is 0 Å². The van der Waals surface area contributed by atoms with Gasteiger partial charge in [-0.1, -0.05) is 65.8 Å². The van der Waals surface area contributed by atoms with Crippen LogP contribution in [0.5, 0.6) is 5.75 Å². The number of piperidine rings is 1. The fourth-order valence-electron chi connectivity index (χ4n) is 19.9. The summed E-state index contributed by atoms with van der Waals surface area (Å²) in [5.41, 5.74) is 11.5. The molecule has 49 heteroatoms. The molecule has 6 aliphatic rings. The lowest BCUT2D eigenvalue weighted by molar-refractivity contribution is -0.204. The summed E-state index contributed by atoms with van der Waals surface area (Å²) >= 11 is 0. The summed E-state index contributed by atoms with van der Waals surface area (Å²) in [4.78, 5) is 226. The van der Waals surface area contributed by atoms with Crippen molar-refractivity contribution < 1.29 is 122 Å². The van der Waals surface area contributed by atoms with Crippen LogP contribution in [0, 0.1) is 16.7 Å². The number of aliphatic hydroxyl groups is 3. The van der Waals surface area contributed by atoms with Crippen LogP contribution in [0.1, 0.15) is 129 Å². The molecule has 2 saturated heterocycles. The maximum absolute atomic E-state index is 15.7. The quantitative estimate of drug-likeness (QED) is 0.00394. The molecular weight excluding hydrogens is 1810 g/mol. The molecule has 0 radical (unpaired) electrons. The molecule has 1 saturated carbocycles. The minimum Gasteiger partial charge on any atom is -0.496 e. The van der Waals surface area contributed by atoms with E-state index in [1.165, 1.54) is 44.7 Å². The maximum atomic E-state index is 15.7. The number of carboxylic acids is 5. The number of methoxy groups -OCH3 is 2. The molecule has 3 unspecified atom stereocenters. The van der Waals surface area contributed by atoms with Crippen molar-refractivity contribution in [2.75, 3.05) is 94.6 Å². The van der Waals surface area contributed by atoms with Gasteiger partial charge in [-0.3, -0.25) is 83.2 Å². The van der Waals surface area contributed by atoms with Crippen LogP contribution in [0.15, 0.2) is 83.8 Å². The molecule has 3 aromatic heterocycles. The Morgan fingerprint density at radius 2 is 1.39 bits per heavy atom. The highest BCUT2D eigenvalue weighted by Crippen LogP contribution is 2.68. The Morgan fingerprint density at radius 1 is 0.733 bits per heavy atom. The first-order valence-electron chi connectivity index (χ1n) is 43.4. The van der Waals surface area contributed by atoms with Crippen molar-refractivity contribution in [3.05, 3.63) is 123 Å². The highest BCUT2D eigenvalue weighted by atomic mass is 33.1. The number of carbonyl (C=O) groups excluding carboxylic acids is 9. The van der Waals surface area contributed by atoms with Crippen LogP contribution in [0.25, 0.3) is 22.1 Å². The lowest BCUT2D eigenvalue weighted by Gasteiger charge is -2.63. The van der Waals surface area contributed by atoms with Gasteiger partial charge in [-0.25, -0.2) is 29.8 Å². The van der Waals surface area contributed by atoms with E-state index in [0.717, 1.165) is 38.1 Å². The van der Waals surface area contributed by atoms with Crippen LogP contribution in [-0.4, -0.2) is 309 Å². The fraction of sp³-hybridized carbons (Fsp3) is 0.500. The van der Waals surface area contributed by atoms with E-state index >= 15 is 9.59 Å². The minimum atomic E-state index is -2.76. The summed E-state index contributed by atoms with van der Waals surface area (Å²) in [6.07, 6.45) is -1.68. The lowest BCUT2D eigenvalue weighted by atomic mass is 9.47. The third-order valence-electron chi connectivity index (χ3n) is 25.9. The van der Waals surface area contributed by atoms with Gasteiger partial charge in [-0.2, -0.15) is 4.98 Å². The molecule has 47 nitrogen and oxygen atoms in total. The molecule has 8 heterocycles. The Bertz CT molecular complexity index is 5690. The maximum Gasteiger partial charge on any atom is 0.426 e. The summed E-state index contributed by atoms with van der Waals surface area (Å²) in [5.74, 6) is -19.3. The zero-order valence-corrected chi connectivity index (χ0v) is 75.8. The Kier molecular flexibility index (Phi) is 31.6. The highest BCUT2D eigenvalue weighted by molar-refractivity contribution is 8.76. The number of aromatic nitrogens is 5. The first-order chi connectivity index (χ1) is 64.2. The molecule has 5 aliphatic heterocycles. The molecule has 135 heavy (non-hydrogen) atoms. The zero-order chi connectivity index (χ0) is 97.9. The number of likely N-dealkylation sites (N-methyl/N-ethyl adjacent to an activating group) is 1. The minimum absolute atomic E-state index is 0.0223. The number of nitrogens with zero attached hydrogens (tertiary/aromatic N) is 6. The SMILES string of the molecule is CC[C@]1(O)CC2CN(CCc3c([nH]c4ccccc34)[C@](C(=O)OC)(c3cc4c(cc3OC)N(C)[C@H]3[C@@](O)(C(=O)NNC(=O)OCCSSCC(NC(=O)[C@H](CC(=O)O)NC(=O)[C@H](CC(=O)O)NC(=O)[C@H](CCCNC(=N)N)NC(=O)[C@H](CC(=O)O)NC(=O)CC[C@H](NC(=O)c5ccc(NCc6cnc7nc(N)[nH]c(=O)c7n6)cc5)C(=O)O)C(=O)O)[C@H](O)[C@]5(CC)C=CCN6CC[C@]43[C@@H]65)C2)C1. The van der Waals surface area contributed by atoms with Crippen LogP contribution in [0.2, 0.25) is 0 Å². The van der Waals surface area contributed by atoms with Crippen molar-refractivity contribution in [2.24, 2.45) is 17.1 Å². The molecule has 1 aliphatic carbocycles. The van der Waals surface area contributed by atoms with Gasteiger partial charge in [0.2, 0.25) is 35.5 Å². The van der Waals surface area contributed by atoms with Crippen molar-refractivity contribution in [3.8, 4) is 5.75 Å². The van der Waals surface area contributed by atoms with E-state index in [4.69, 9.17) is 31.1 Å². The number of aliphatic carboxylic acids is 5. The molecule has 6 aromatic rings. The van der Waals surface area contributed by atoms with E-state index in [1.807, 2.05) is 61.6 Å². The molecule has 8 amide bonds. The average Bonchev–Trinajstić information content (AvgIpc) is 1.48. The Labute approximate surface area is 777 Å². The lowest BCUT2D eigenvalue weighted by Crippen LogP contribution is -2.82. The van der Waals surface area contributed by atoms with Gasteiger partial charge >= 0.3 is 41.9 Å². The molecule has 25 N–H and O–H groups in total. The summed E-state index contributed by atoms with van der Waals surface area (Å²) in [5, 5.41) is 116. The third kappa shape index (κ3) is 21.5. The predicted molar refractivity (Wildman–Crippen MR) is 484 cm³/mol.